The van der Waals surface area contributed by atoms with Crippen molar-refractivity contribution in [1.82, 2.24) is 0 Å². The summed E-state index contributed by atoms with van der Waals surface area (Å²) < 4.78 is 5.42. The van der Waals surface area contributed by atoms with E-state index in [9.17, 15) is 9.59 Å². The molecule has 1 aromatic carbocycles. The number of rotatable bonds is 6. The molecule has 1 aliphatic carbocycles. The third-order valence-corrected chi connectivity index (χ3v) is 6.63. The van der Waals surface area contributed by atoms with Crippen LogP contribution in [0.5, 0.6) is 0 Å². The lowest BCUT2D eigenvalue weighted by Crippen LogP contribution is -2.18. The molecule has 0 saturated carbocycles. The molecule has 1 aliphatic rings. The van der Waals surface area contributed by atoms with Gasteiger partial charge < -0.3 is 10.1 Å². The van der Waals surface area contributed by atoms with E-state index in [1.165, 1.54) is 28.0 Å². The van der Waals surface area contributed by atoms with Crippen molar-refractivity contribution < 1.29 is 14.3 Å². The van der Waals surface area contributed by atoms with E-state index in [4.69, 9.17) is 16.3 Å². The number of nitrogens with one attached hydrogen (secondary N) is 1. The maximum atomic E-state index is 12.6. The highest BCUT2D eigenvalue weighted by atomic mass is 35.5. The number of ether oxygens (including phenoxy) is 1. The number of carbonyl (C=O) groups is 2. The molecule has 0 unspecified atom stereocenters. The quantitative estimate of drug-likeness (QED) is 0.487. The van der Waals surface area contributed by atoms with E-state index in [0.717, 1.165) is 36.1 Å². The topological polar surface area (TPSA) is 55.4 Å². The van der Waals surface area contributed by atoms with Crippen molar-refractivity contribution in [3.8, 4) is 0 Å². The molecule has 0 atom stereocenters. The average molecular weight is 424 g/mol. The number of carbonyl (C=O) groups excluding carboxylic acids is 2. The minimum atomic E-state index is -0.343. The Labute approximate surface area is 172 Å². The van der Waals surface area contributed by atoms with Gasteiger partial charge in [-0.3, -0.25) is 4.79 Å². The first-order valence-electron chi connectivity index (χ1n) is 8.97. The van der Waals surface area contributed by atoms with Crippen LogP contribution < -0.4 is 5.32 Å². The first-order chi connectivity index (χ1) is 12.9. The van der Waals surface area contributed by atoms with E-state index in [2.05, 4.69) is 5.32 Å². The Balaban J connectivity index is 1.73. The third kappa shape index (κ3) is 5.27. The summed E-state index contributed by atoms with van der Waals surface area (Å²) in [5.74, 6) is -0.208. The predicted octanol–water partition coefficient (Wildman–Crippen LogP) is 5.58. The van der Waals surface area contributed by atoms with Gasteiger partial charge in [-0.15, -0.1) is 23.1 Å². The number of hydrogen-bond acceptors (Lipinski definition) is 5. The lowest BCUT2D eigenvalue weighted by Gasteiger charge is -2.14. The molecule has 3 rings (SSSR count). The van der Waals surface area contributed by atoms with E-state index in [1.807, 2.05) is 26.0 Å². The number of fused-ring (bicyclic) bond motifs is 1. The highest BCUT2D eigenvalue weighted by molar-refractivity contribution is 8.00. The zero-order valence-electron chi connectivity index (χ0n) is 15.3. The van der Waals surface area contributed by atoms with Crippen molar-refractivity contribution in [2.24, 2.45) is 0 Å². The maximum absolute atomic E-state index is 12.6. The molecule has 144 valence electrons. The number of hydrogen-bond donors (Lipinski definition) is 1. The van der Waals surface area contributed by atoms with Gasteiger partial charge in [-0.1, -0.05) is 11.6 Å². The van der Waals surface area contributed by atoms with E-state index < -0.39 is 0 Å². The lowest BCUT2D eigenvalue weighted by molar-refractivity contribution is -0.113. The van der Waals surface area contributed by atoms with Gasteiger partial charge >= 0.3 is 5.97 Å². The number of anilines is 1. The van der Waals surface area contributed by atoms with E-state index in [0.29, 0.717) is 15.6 Å². The summed E-state index contributed by atoms with van der Waals surface area (Å²) in [5.41, 5.74) is 1.60. The molecule has 1 aromatic heterocycles. The van der Waals surface area contributed by atoms with Crippen LogP contribution in [0, 0.1) is 0 Å². The van der Waals surface area contributed by atoms with Gasteiger partial charge in [0.2, 0.25) is 5.91 Å². The molecule has 1 heterocycles. The smallest absolute Gasteiger partial charge is 0.341 e. The summed E-state index contributed by atoms with van der Waals surface area (Å²) in [6.45, 7) is 3.66. The summed E-state index contributed by atoms with van der Waals surface area (Å²) >= 11 is 8.83. The molecule has 7 heteroatoms. The first-order valence-corrected chi connectivity index (χ1v) is 11.2. The number of aryl methyl sites for hydroxylation is 1. The predicted molar refractivity (Wildman–Crippen MR) is 112 cm³/mol. The van der Waals surface area contributed by atoms with Crippen molar-refractivity contribution in [2.45, 2.75) is 50.5 Å². The Morgan fingerprint density at radius 3 is 2.63 bits per heavy atom. The monoisotopic (exact) mass is 423 g/mol. The van der Waals surface area contributed by atoms with Gasteiger partial charge in [0.1, 0.15) is 5.00 Å². The van der Waals surface area contributed by atoms with Gasteiger partial charge in [0.15, 0.2) is 0 Å². The van der Waals surface area contributed by atoms with Crippen LogP contribution in [-0.2, 0) is 22.4 Å². The van der Waals surface area contributed by atoms with Gasteiger partial charge in [0.05, 0.1) is 17.4 Å². The van der Waals surface area contributed by atoms with Gasteiger partial charge in [-0.05, 0) is 69.4 Å². The number of esters is 1. The van der Waals surface area contributed by atoms with Crippen molar-refractivity contribution >= 4 is 51.6 Å². The maximum Gasteiger partial charge on any atom is 0.341 e. The molecule has 4 nitrogen and oxygen atoms in total. The zero-order chi connectivity index (χ0) is 19.4. The van der Waals surface area contributed by atoms with Crippen LogP contribution in [0.15, 0.2) is 29.2 Å². The van der Waals surface area contributed by atoms with Crippen molar-refractivity contribution in [3.63, 3.8) is 0 Å². The fourth-order valence-electron chi connectivity index (χ4n) is 2.99. The van der Waals surface area contributed by atoms with Crippen LogP contribution in [-0.4, -0.2) is 23.7 Å². The van der Waals surface area contributed by atoms with Crippen LogP contribution in [0.1, 0.15) is 47.5 Å². The fourth-order valence-corrected chi connectivity index (χ4v) is 5.10. The fraction of sp³-hybridized carbons (Fsp3) is 0.400. The highest BCUT2D eigenvalue weighted by Crippen LogP contribution is 2.39. The number of benzene rings is 1. The molecular formula is C20H22ClNO3S2. The molecule has 1 amide bonds. The van der Waals surface area contributed by atoms with E-state index in [-0.39, 0.29) is 23.7 Å². The SMILES string of the molecule is CC(C)OC(=O)c1c(NC(=O)CSc2ccc(Cl)cc2)sc2c1CCCC2. The lowest BCUT2D eigenvalue weighted by atomic mass is 9.95. The number of amides is 1. The molecule has 0 radical (unpaired) electrons. The summed E-state index contributed by atoms with van der Waals surface area (Å²) in [6.07, 6.45) is 3.80. The molecule has 0 bridgehead atoms. The van der Waals surface area contributed by atoms with Crippen LogP contribution in [0.2, 0.25) is 5.02 Å². The summed E-state index contributed by atoms with van der Waals surface area (Å²) in [7, 11) is 0. The highest BCUT2D eigenvalue weighted by Gasteiger charge is 2.27. The molecule has 1 N–H and O–H groups in total. The van der Waals surface area contributed by atoms with Gasteiger partial charge in [0.25, 0.3) is 0 Å². The van der Waals surface area contributed by atoms with Crippen LogP contribution in [0.4, 0.5) is 5.00 Å². The van der Waals surface area contributed by atoms with E-state index in [1.54, 1.807) is 12.1 Å². The third-order valence-electron chi connectivity index (χ3n) is 4.15. The Kier molecular flexibility index (Phi) is 6.84. The zero-order valence-corrected chi connectivity index (χ0v) is 17.7. The van der Waals surface area contributed by atoms with Crippen LogP contribution >= 0.6 is 34.7 Å². The minimum absolute atomic E-state index is 0.132. The average Bonchev–Trinajstić information content (AvgIpc) is 2.98. The molecule has 2 aromatic rings. The van der Waals surface area contributed by atoms with Gasteiger partial charge in [0, 0.05) is 14.8 Å². The van der Waals surface area contributed by atoms with E-state index >= 15 is 0 Å². The summed E-state index contributed by atoms with van der Waals surface area (Å²) in [6, 6.07) is 7.37. The molecule has 0 fully saturated rings. The largest absolute Gasteiger partial charge is 0.459 e. The van der Waals surface area contributed by atoms with Crippen LogP contribution in [0.3, 0.4) is 0 Å². The summed E-state index contributed by atoms with van der Waals surface area (Å²) in [4.78, 5) is 27.2. The number of thioether (sulfide) groups is 1. The Morgan fingerprint density at radius 1 is 1.22 bits per heavy atom. The molecule has 0 saturated heterocycles. The van der Waals surface area contributed by atoms with Crippen molar-refractivity contribution in [1.29, 1.82) is 0 Å². The molecular weight excluding hydrogens is 402 g/mol. The first kappa shape index (κ1) is 20.2. The second kappa shape index (κ2) is 9.13. The number of halogens is 1. The van der Waals surface area contributed by atoms with Crippen molar-refractivity contribution in [3.05, 3.63) is 45.3 Å². The Bertz CT molecular complexity index is 830. The second-order valence-corrected chi connectivity index (χ2v) is 9.25. The second-order valence-electron chi connectivity index (χ2n) is 6.66. The molecule has 27 heavy (non-hydrogen) atoms. The van der Waals surface area contributed by atoms with Crippen LogP contribution in [0.25, 0.3) is 0 Å². The number of thiophene rings is 1. The molecule has 0 aliphatic heterocycles. The van der Waals surface area contributed by atoms with Gasteiger partial charge in [-0.25, -0.2) is 4.79 Å². The Morgan fingerprint density at radius 2 is 1.93 bits per heavy atom. The normalized spacial score (nSPS) is 13.3. The minimum Gasteiger partial charge on any atom is -0.459 e. The Hall–Kier alpha value is -1.50. The van der Waals surface area contributed by atoms with Gasteiger partial charge in [-0.2, -0.15) is 0 Å². The summed E-state index contributed by atoms with van der Waals surface area (Å²) in [5, 5.41) is 4.22. The standard InChI is InChI=1S/C20H22ClNO3S2/c1-12(2)25-20(24)18-15-5-3-4-6-16(15)27-19(18)22-17(23)11-26-14-9-7-13(21)8-10-14/h7-10,12H,3-6,11H2,1-2H3,(H,22,23). The van der Waals surface area contributed by atoms with Crippen molar-refractivity contribution in [2.75, 3.05) is 11.1 Å². The molecule has 0 spiro atoms.